The number of rotatable bonds is 3. The molecule has 1 nitrogen and oxygen atoms in total. The molecule has 102 valence electrons. The third kappa shape index (κ3) is 2.71. The zero-order valence-corrected chi connectivity index (χ0v) is 14.0. The van der Waals surface area contributed by atoms with Crippen molar-refractivity contribution in [1.82, 2.24) is 0 Å². The van der Waals surface area contributed by atoms with E-state index in [0.29, 0.717) is 0 Å². The fraction of sp³-hybridized carbons (Fsp3) is 0.125. The average molecular weight is 368 g/mol. The Morgan fingerprint density at radius 1 is 1.15 bits per heavy atom. The van der Waals surface area contributed by atoms with Crippen LogP contribution >= 0.6 is 38.9 Å². The average Bonchev–Trinajstić information content (AvgIpc) is 2.85. The summed E-state index contributed by atoms with van der Waals surface area (Å²) in [4.78, 5) is 0. The Morgan fingerprint density at radius 3 is 2.80 bits per heavy atom. The summed E-state index contributed by atoms with van der Waals surface area (Å²) in [5.41, 5.74) is 2.43. The van der Waals surface area contributed by atoms with E-state index < -0.39 is 0 Å². The molecular weight excluding hydrogens is 356 g/mol. The molecule has 3 aromatic rings. The number of halogens is 2. The summed E-state index contributed by atoms with van der Waals surface area (Å²) in [5.74, 6) is 0.895. The van der Waals surface area contributed by atoms with Crippen LogP contribution in [-0.4, -0.2) is 7.11 Å². The van der Waals surface area contributed by atoms with Gasteiger partial charge in [-0.05, 0) is 58.3 Å². The van der Waals surface area contributed by atoms with Crippen LogP contribution in [0.1, 0.15) is 11.1 Å². The third-order valence-corrected chi connectivity index (χ3v) is 5.11. The summed E-state index contributed by atoms with van der Waals surface area (Å²) in [6, 6.07) is 12.2. The van der Waals surface area contributed by atoms with E-state index in [9.17, 15) is 0 Å². The maximum Gasteiger partial charge on any atom is 0.120 e. The van der Waals surface area contributed by atoms with Crippen LogP contribution in [0, 0.1) is 0 Å². The molecule has 1 aromatic heterocycles. The first-order valence-electron chi connectivity index (χ1n) is 6.15. The topological polar surface area (TPSA) is 9.23 Å². The summed E-state index contributed by atoms with van der Waals surface area (Å²) < 4.78 is 7.56. The zero-order valence-electron chi connectivity index (χ0n) is 10.8. The van der Waals surface area contributed by atoms with Gasteiger partial charge in [0, 0.05) is 20.6 Å². The van der Waals surface area contributed by atoms with E-state index in [-0.39, 0.29) is 0 Å². The lowest BCUT2D eigenvalue weighted by molar-refractivity contribution is 0.415. The molecule has 0 aliphatic heterocycles. The number of methoxy groups -OCH3 is 1. The van der Waals surface area contributed by atoms with E-state index in [1.54, 1.807) is 18.4 Å². The smallest absolute Gasteiger partial charge is 0.120 e. The van der Waals surface area contributed by atoms with Crippen molar-refractivity contribution in [2.24, 2.45) is 0 Å². The standard InChI is InChI=1S/C16H12BrClOS/c1-19-13-3-4-14-11(9-20-16(14)8-13)6-10-7-12(17)2-5-15(10)18/h2-5,7-9H,6H2,1H3. The number of fused-ring (bicyclic) bond motifs is 1. The molecule has 0 saturated carbocycles. The first kappa shape index (κ1) is 13.9. The van der Waals surface area contributed by atoms with E-state index in [1.807, 2.05) is 18.2 Å². The van der Waals surface area contributed by atoms with E-state index in [1.165, 1.54) is 15.6 Å². The molecule has 1 heterocycles. The van der Waals surface area contributed by atoms with Crippen LogP contribution in [0.2, 0.25) is 5.02 Å². The summed E-state index contributed by atoms with van der Waals surface area (Å²) >= 11 is 11.5. The monoisotopic (exact) mass is 366 g/mol. The predicted octanol–water partition coefficient (Wildman–Crippen LogP) is 5.92. The summed E-state index contributed by atoms with van der Waals surface area (Å²) in [7, 11) is 1.69. The number of ether oxygens (including phenoxy) is 1. The minimum absolute atomic E-state index is 0.807. The molecule has 0 N–H and O–H groups in total. The van der Waals surface area contributed by atoms with Gasteiger partial charge in [-0.15, -0.1) is 11.3 Å². The molecule has 0 amide bonds. The molecule has 0 saturated heterocycles. The molecule has 0 unspecified atom stereocenters. The molecular formula is C16H12BrClOS. The van der Waals surface area contributed by atoms with Gasteiger partial charge in [-0.25, -0.2) is 0 Å². The highest BCUT2D eigenvalue weighted by molar-refractivity contribution is 9.10. The van der Waals surface area contributed by atoms with E-state index in [4.69, 9.17) is 16.3 Å². The SMILES string of the molecule is COc1ccc2c(Cc3cc(Br)ccc3Cl)csc2c1. The van der Waals surface area contributed by atoms with Crippen molar-refractivity contribution in [2.45, 2.75) is 6.42 Å². The second-order valence-electron chi connectivity index (χ2n) is 4.54. The molecule has 0 aliphatic carbocycles. The molecule has 0 aliphatic rings. The molecule has 4 heteroatoms. The lowest BCUT2D eigenvalue weighted by atomic mass is 10.0. The van der Waals surface area contributed by atoms with E-state index >= 15 is 0 Å². The fourth-order valence-corrected chi connectivity index (χ4v) is 3.79. The second kappa shape index (κ2) is 5.76. The van der Waals surface area contributed by atoms with Crippen molar-refractivity contribution in [3.63, 3.8) is 0 Å². The summed E-state index contributed by atoms with van der Waals surface area (Å²) in [6.45, 7) is 0. The highest BCUT2D eigenvalue weighted by Crippen LogP contribution is 2.32. The normalized spacial score (nSPS) is 10.9. The first-order valence-corrected chi connectivity index (χ1v) is 8.20. The van der Waals surface area contributed by atoms with E-state index in [2.05, 4.69) is 39.5 Å². The molecule has 3 rings (SSSR count). The minimum atomic E-state index is 0.807. The van der Waals surface area contributed by atoms with Gasteiger partial charge in [-0.3, -0.25) is 0 Å². The summed E-state index contributed by atoms with van der Waals surface area (Å²) in [5, 5.41) is 4.27. The Hall–Kier alpha value is -1.03. The molecule has 20 heavy (non-hydrogen) atoms. The fourth-order valence-electron chi connectivity index (χ4n) is 2.21. The zero-order chi connectivity index (χ0) is 14.1. The Balaban J connectivity index is 2.00. The van der Waals surface area contributed by atoms with Gasteiger partial charge in [0.15, 0.2) is 0 Å². The van der Waals surface area contributed by atoms with Crippen molar-refractivity contribution >= 4 is 49.0 Å². The number of hydrogen-bond acceptors (Lipinski definition) is 2. The van der Waals surface area contributed by atoms with Crippen LogP contribution in [0.25, 0.3) is 10.1 Å². The first-order chi connectivity index (χ1) is 9.67. The van der Waals surface area contributed by atoms with Crippen LogP contribution in [0.3, 0.4) is 0 Å². The van der Waals surface area contributed by atoms with Crippen molar-refractivity contribution in [1.29, 1.82) is 0 Å². The molecule has 0 radical (unpaired) electrons. The number of hydrogen-bond donors (Lipinski definition) is 0. The lowest BCUT2D eigenvalue weighted by Crippen LogP contribution is -1.88. The molecule has 0 bridgehead atoms. The Morgan fingerprint density at radius 2 is 2.00 bits per heavy atom. The maximum atomic E-state index is 6.27. The Bertz CT molecular complexity index is 766. The number of thiophene rings is 1. The predicted molar refractivity (Wildman–Crippen MR) is 90.3 cm³/mol. The largest absolute Gasteiger partial charge is 0.497 e. The van der Waals surface area contributed by atoms with Gasteiger partial charge in [0.2, 0.25) is 0 Å². The number of benzene rings is 2. The summed E-state index contributed by atoms with van der Waals surface area (Å²) in [6.07, 6.45) is 0.838. The van der Waals surface area contributed by atoms with Gasteiger partial charge in [-0.2, -0.15) is 0 Å². The van der Waals surface area contributed by atoms with Crippen LogP contribution in [0.15, 0.2) is 46.3 Å². The van der Waals surface area contributed by atoms with Crippen LogP contribution in [0.5, 0.6) is 5.75 Å². The highest BCUT2D eigenvalue weighted by atomic mass is 79.9. The van der Waals surface area contributed by atoms with Crippen LogP contribution in [-0.2, 0) is 6.42 Å². The van der Waals surface area contributed by atoms with Gasteiger partial charge in [0.25, 0.3) is 0 Å². The molecule has 0 fully saturated rings. The lowest BCUT2D eigenvalue weighted by Gasteiger charge is -2.05. The van der Waals surface area contributed by atoms with Crippen molar-refractivity contribution in [3.05, 3.63) is 62.4 Å². The molecule has 0 atom stereocenters. The Labute approximate surface area is 135 Å². The second-order valence-corrected chi connectivity index (χ2v) is 6.77. The Kier molecular flexibility index (Phi) is 4.01. The quantitative estimate of drug-likeness (QED) is 0.558. The van der Waals surface area contributed by atoms with Crippen LogP contribution in [0.4, 0.5) is 0 Å². The van der Waals surface area contributed by atoms with Crippen molar-refractivity contribution in [2.75, 3.05) is 7.11 Å². The van der Waals surface area contributed by atoms with Gasteiger partial charge < -0.3 is 4.74 Å². The van der Waals surface area contributed by atoms with Crippen molar-refractivity contribution < 1.29 is 4.74 Å². The van der Waals surface area contributed by atoms with Gasteiger partial charge >= 0.3 is 0 Å². The maximum absolute atomic E-state index is 6.27. The van der Waals surface area contributed by atoms with Crippen molar-refractivity contribution in [3.8, 4) is 5.75 Å². The van der Waals surface area contributed by atoms with Gasteiger partial charge in [0.05, 0.1) is 7.11 Å². The van der Waals surface area contributed by atoms with E-state index in [0.717, 1.165) is 27.2 Å². The minimum Gasteiger partial charge on any atom is -0.497 e. The molecule has 0 spiro atoms. The van der Waals surface area contributed by atoms with Crippen LogP contribution < -0.4 is 4.74 Å². The van der Waals surface area contributed by atoms with Gasteiger partial charge in [-0.1, -0.05) is 27.5 Å². The molecule has 2 aromatic carbocycles. The third-order valence-electron chi connectivity index (χ3n) is 3.25. The van der Waals surface area contributed by atoms with Gasteiger partial charge in [0.1, 0.15) is 5.75 Å². The highest BCUT2D eigenvalue weighted by Gasteiger charge is 2.08.